The van der Waals surface area contributed by atoms with Crippen LogP contribution in [0.2, 0.25) is 0 Å². The fraction of sp³-hybridized carbons (Fsp3) is 0.350. The number of fused-ring (bicyclic) bond motifs is 1. The van der Waals surface area contributed by atoms with Crippen molar-refractivity contribution in [2.24, 2.45) is 0 Å². The van der Waals surface area contributed by atoms with Crippen LogP contribution in [0.4, 0.5) is 11.4 Å². The highest BCUT2D eigenvalue weighted by Gasteiger charge is 2.31. The molecule has 0 saturated heterocycles. The van der Waals surface area contributed by atoms with Crippen molar-refractivity contribution in [3.8, 4) is 5.75 Å². The van der Waals surface area contributed by atoms with Gasteiger partial charge in [-0.3, -0.25) is 9.10 Å². The van der Waals surface area contributed by atoms with E-state index >= 15 is 0 Å². The molecule has 0 fully saturated rings. The molecule has 6 nitrogen and oxygen atoms in total. The number of carbonyl (C=O) groups excluding carboxylic acids is 1. The number of rotatable bonds is 4. The molecule has 144 valence electrons. The van der Waals surface area contributed by atoms with Gasteiger partial charge in [0.1, 0.15) is 5.75 Å². The standard InChI is InChI=1S/C20H24N2O4S/c1-14(2)15-8-10-16(11-9-15)21-20(23)19-12-13-22(27(3,24)25)17-6-4-5-7-18(17)26-19/h4-11,14,19H,12-13H2,1-3H3,(H,21,23). The van der Waals surface area contributed by atoms with Gasteiger partial charge < -0.3 is 10.1 Å². The van der Waals surface area contributed by atoms with Crippen LogP contribution >= 0.6 is 0 Å². The summed E-state index contributed by atoms with van der Waals surface area (Å²) in [7, 11) is -3.46. The third kappa shape index (κ3) is 4.42. The summed E-state index contributed by atoms with van der Waals surface area (Å²) >= 11 is 0. The average Bonchev–Trinajstić information content (AvgIpc) is 2.81. The lowest BCUT2D eigenvalue weighted by atomic mass is 10.0. The molecule has 27 heavy (non-hydrogen) atoms. The van der Waals surface area contributed by atoms with Gasteiger partial charge in [0.25, 0.3) is 5.91 Å². The van der Waals surface area contributed by atoms with Gasteiger partial charge in [-0.15, -0.1) is 0 Å². The number of para-hydroxylation sites is 2. The van der Waals surface area contributed by atoms with Gasteiger partial charge in [-0.1, -0.05) is 38.1 Å². The molecule has 1 unspecified atom stereocenters. The lowest BCUT2D eigenvalue weighted by Crippen LogP contribution is -2.35. The summed E-state index contributed by atoms with van der Waals surface area (Å²) in [5, 5.41) is 2.86. The van der Waals surface area contributed by atoms with Crippen molar-refractivity contribution >= 4 is 27.3 Å². The van der Waals surface area contributed by atoms with E-state index in [2.05, 4.69) is 19.2 Å². The van der Waals surface area contributed by atoms with Crippen molar-refractivity contribution in [3.63, 3.8) is 0 Å². The lowest BCUT2D eigenvalue weighted by Gasteiger charge is -2.20. The van der Waals surface area contributed by atoms with E-state index in [0.29, 0.717) is 23.0 Å². The Hall–Kier alpha value is -2.54. The lowest BCUT2D eigenvalue weighted by molar-refractivity contribution is -0.122. The molecule has 1 N–H and O–H groups in total. The minimum Gasteiger partial charge on any atom is -0.478 e. The molecular weight excluding hydrogens is 364 g/mol. The maximum absolute atomic E-state index is 12.7. The summed E-state index contributed by atoms with van der Waals surface area (Å²) in [6.07, 6.45) is 0.639. The molecule has 1 amide bonds. The topological polar surface area (TPSA) is 75.7 Å². The summed E-state index contributed by atoms with van der Waals surface area (Å²) in [5.74, 6) is 0.506. The minimum atomic E-state index is -3.46. The highest BCUT2D eigenvalue weighted by molar-refractivity contribution is 7.92. The summed E-state index contributed by atoms with van der Waals surface area (Å²) in [5.41, 5.74) is 2.33. The number of sulfonamides is 1. The van der Waals surface area contributed by atoms with E-state index < -0.39 is 16.1 Å². The number of amides is 1. The zero-order valence-corrected chi connectivity index (χ0v) is 16.5. The Labute approximate surface area is 160 Å². The average molecular weight is 388 g/mol. The Kier molecular flexibility index (Phi) is 5.41. The number of nitrogens with zero attached hydrogens (tertiary/aromatic N) is 1. The highest BCUT2D eigenvalue weighted by atomic mass is 32.2. The fourth-order valence-corrected chi connectivity index (χ4v) is 3.98. The van der Waals surface area contributed by atoms with Crippen LogP contribution < -0.4 is 14.4 Å². The molecule has 2 aromatic carbocycles. The molecule has 1 atom stereocenters. The highest BCUT2D eigenvalue weighted by Crippen LogP contribution is 2.34. The monoisotopic (exact) mass is 388 g/mol. The molecule has 0 aromatic heterocycles. The second-order valence-corrected chi connectivity index (χ2v) is 8.87. The third-order valence-electron chi connectivity index (χ3n) is 4.54. The second-order valence-electron chi connectivity index (χ2n) is 6.96. The first-order chi connectivity index (χ1) is 12.8. The van der Waals surface area contributed by atoms with Crippen LogP contribution in [-0.2, 0) is 14.8 Å². The summed E-state index contributed by atoms with van der Waals surface area (Å²) in [6, 6.07) is 14.5. The maximum atomic E-state index is 12.7. The molecule has 1 heterocycles. The van der Waals surface area contributed by atoms with Crippen LogP contribution in [0.1, 0.15) is 31.7 Å². The first-order valence-electron chi connectivity index (χ1n) is 8.90. The van der Waals surface area contributed by atoms with E-state index in [1.807, 2.05) is 24.3 Å². The SMILES string of the molecule is CC(C)c1ccc(NC(=O)C2CCN(S(C)(=O)=O)c3ccccc3O2)cc1. The normalized spacial score (nSPS) is 17.0. The van der Waals surface area contributed by atoms with Gasteiger partial charge in [0, 0.05) is 18.7 Å². The summed E-state index contributed by atoms with van der Waals surface area (Å²) in [6.45, 7) is 4.40. The second kappa shape index (κ2) is 7.60. The Balaban J connectivity index is 1.79. The molecule has 0 bridgehead atoms. The molecule has 0 spiro atoms. The predicted octanol–water partition coefficient (Wildman–Crippen LogP) is 3.37. The zero-order chi connectivity index (χ0) is 19.6. The quantitative estimate of drug-likeness (QED) is 0.871. The molecule has 2 aromatic rings. The number of benzene rings is 2. The van der Waals surface area contributed by atoms with E-state index in [0.717, 1.165) is 6.26 Å². The fourth-order valence-electron chi connectivity index (χ4n) is 3.03. The van der Waals surface area contributed by atoms with Crippen LogP contribution in [0, 0.1) is 0 Å². The number of nitrogens with one attached hydrogen (secondary N) is 1. The first-order valence-corrected chi connectivity index (χ1v) is 10.7. The molecule has 0 radical (unpaired) electrons. The van der Waals surface area contributed by atoms with Crippen LogP contribution in [0.15, 0.2) is 48.5 Å². The number of hydrogen-bond acceptors (Lipinski definition) is 4. The van der Waals surface area contributed by atoms with Crippen molar-refractivity contribution in [2.75, 3.05) is 22.4 Å². The Morgan fingerprint density at radius 1 is 1.15 bits per heavy atom. The maximum Gasteiger partial charge on any atom is 0.265 e. The van der Waals surface area contributed by atoms with Gasteiger partial charge >= 0.3 is 0 Å². The minimum absolute atomic E-state index is 0.181. The van der Waals surface area contributed by atoms with E-state index in [4.69, 9.17) is 4.74 Å². The molecule has 0 aliphatic carbocycles. The largest absolute Gasteiger partial charge is 0.478 e. The Morgan fingerprint density at radius 2 is 1.81 bits per heavy atom. The first kappa shape index (κ1) is 19.2. The van der Waals surface area contributed by atoms with Gasteiger partial charge in [0.2, 0.25) is 10.0 Å². The number of hydrogen-bond donors (Lipinski definition) is 1. The van der Waals surface area contributed by atoms with Crippen molar-refractivity contribution in [1.29, 1.82) is 0 Å². The van der Waals surface area contributed by atoms with Gasteiger partial charge in [-0.25, -0.2) is 8.42 Å². The Morgan fingerprint density at radius 3 is 2.44 bits per heavy atom. The summed E-state index contributed by atoms with van der Waals surface area (Å²) < 4.78 is 31.4. The van der Waals surface area contributed by atoms with Crippen molar-refractivity contribution in [2.45, 2.75) is 32.3 Å². The number of carbonyl (C=O) groups is 1. The molecule has 3 rings (SSSR count). The van der Waals surface area contributed by atoms with Crippen molar-refractivity contribution < 1.29 is 17.9 Å². The van der Waals surface area contributed by atoms with Crippen LogP contribution in [0.3, 0.4) is 0 Å². The summed E-state index contributed by atoms with van der Waals surface area (Å²) in [4.78, 5) is 12.7. The van der Waals surface area contributed by atoms with E-state index in [1.165, 1.54) is 9.87 Å². The van der Waals surface area contributed by atoms with Crippen molar-refractivity contribution in [3.05, 3.63) is 54.1 Å². The number of ether oxygens (including phenoxy) is 1. The molecule has 0 saturated carbocycles. The van der Waals surface area contributed by atoms with Gasteiger partial charge in [-0.05, 0) is 35.7 Å². The van der Waals surface area contributed by atoms with Crippen LogP contribution in [-0.4, -0.2) is 33.2 Å². The van der Waals surface area contributed by atoms with E-state index in [9.17, 15) is 13.2 Å². The zero-order valence-electron chi connectivity index (χ0n) is 15.7. The molecule has 1 aliphatic rings. The molecular formula is C20H24N2O4S. The van der Waals surface area contributed by atoms with Gasteiger partial charge in [0.15, 0.2) is 6.10 Å². The molecule has 7 heteroatoms. The van der Waals surface area contributed by atoms with Crippen LogP contribution in [0.25, 0.3) is 0 Å². The number of anilines is 2. The third-order valence-corrected chi connectivity index (χ3v) is 5.72. The Bertz CT molecular complexity index is 923. The van der Waals surface area contributed by atoms with Gasteiger partial charge in [0.05, 0.1) is 11.9 Å². The van der Waals surface area contributed by atoms with E-state index in [1.54, 1.807) is 24.3 Å². The van der Waals surface area contributed by atoms with E-state index in [-0.39, 0.29) is 18.9 Å². The smallest absolute Gasteiger partial charge is 0.265 e. The van der Waals surface area contributed by atoms with Crippen LogP contribution in [0.5, 0.6) is 5.75 Å². The molecule has 1 aliphatic heterocycles. The van der Waals surface area contributed by atoms with Crippen molar-refractivity contribution in [1.82, 2.24) is 0 Å². The predicted molar refractivity (Wildman–Crippen MR) is 107 cm³/mol. The van der Waals surface area contributed by atoms with Gasteiger partial charge in [-0.2, -0.15) is 0 Å².